The van der Waals surface area contributed by atoms with Crippen LogP contribution >= 0.6 is 0 Å². The summed E-state index contributed by atoms with van der Waals surface area (Å²) in [4.78, 5) is 28.1. The fraction of sp³-hybridized carbons (Fsp3) is 0.600. The highest BCUT2D eigenvalue weighted by molar-refractivity contribution is 7.89. The van der Waals surface area contributed by atoms with Crippen molar-refractivity contribution in [3.63, 3.8) is 0 Å². The summed E-state index contributed by atoms with van der Waals surface area (Å²) in [7, 11) is -0.717. The van der Waals surface area contributed by atoms with Crippen molar-refractivity contribution in [2.75, 3.05) is 33.7 Å². The summed E-state index contributed by atoms with van der Waals surface area (Å²) in [5.74, 6) is 0.0774. The maximum atomic E-state index is 13.5. The number of ether oxygens (including phenoxy) is 1. The first-order valence-corrected chi connectivity index (χ1v) is 11.4. The summed E-state index contributed by atoms with van der Waals surface area (Å²) in [6.45, 7) is 2.66. The molecule has 1 fully saturated rings. The third kappa shape index (κ3) is 4.40. The maximum absolute atomic E-state index is 13.5. The molecule has 2 heterocycles. The highest BCUT2D eigenvalue weighted by atomic mass is 32.2. The molecule has 2 aliphatic rings. The summed E-state index contributed by atoms with van der Waals surface area (Å²) in [5.41, 5.74) is 0. The number of hydrogen-bond acceptors (Lipinski definition) is 5. The van der Waals surface area contributed by atoms with Gasteiger partial charge in [-0.15, -0.1) is 0 Å². The molecule has 1 aromatic carbocycles. The molecule has 0 unspecified atom stereocenters. The molecular formula is C20H29N3O5S. The Balaban J connectivity index is 1.99. The number of carbonyl (C=O) groups excluding carboxylic acids is 2. The largest absolute Gasteiger partial charge is 0.487 e. The minimum absolute atomic E-state index is 0.0723. The van der Waals surface area contributed by atoms with E-state index in [9.17, 15) is 18.0 Å². The number of hydrogen-bond donors (Lipinski definition) is 0. The second-order valence-corrected chi connectivity index (χ2v) is 9.58. The number of likely N-dealkylation sites (N-methyl/N-ethyl adjacent to an activating group) is 1. The minimum atomic E-state index is -3.93. The zero-order valence-electron chi connectivity index (χ0n) is 17.2. The van der Waals surface area contributed by atoms with E-state index in [4.69, 9.17) is 4.74 Å². The number of fused-ring (bicyclic) bond motifs is 2. The molecule has 2 atom stereocenters. The van der Waals surface area contributed by atoms with Gasteiger partial charge in [0, 0.05) is 40.0 Å². The quantitative estimate of drug-likeness (QED) is 0.729. The molecule has 160 valence electrons. The van der Waals surface area contributed by atoms with Gasteiger partial charge in [0.1, 0.15) is 16.7 Å². The fourth-order valence-electron chi connectivity index (χ4n) is 3.85. The number of sulfonamides is 1. The standard InChI is InChI=1S/C20H29N3O5S/c1-4-7-19(24)22-12-10-15-16(11-13-22)28-17-8-5-6-9-18(17)29(26,27)23(15)14-20(25)21(2)3/h5-6,8-9,15-16H,4,7,10-14H2,1-3H3/t15-,16-/m0/s1. The van der Waals surface area contributed by atoms with Gasteiger partial charge in [0.25, 0.3) is 0 Å². The summed E-state index contributed by atoms with van der Waals surface area (Å²) < 4.78 is 34.4. The highest BCUT2D eigenvalue weighted by Crippen LogP contribution is 2.36. The van der Waals surface area contributed by atoms with Gasteiger partial charge >= 0.3 is 0 Å². The Morgan fingerprint density at radius 1 is 1.17 bits per heavy atom. The molecule has 29 heavy (non-hydrogen) atoms. The molecule has 9 heteroatoms. The predicted molar refractivity (Wildman–Crippen MR) is 108 cm³/mol. The van der Waals surface area contributed by atoms with Crippen molar-refractivity contribution in [1.82, 2.24) is 14.1 Å². The van der Waals surface area contributed by atoms with Crippen molar-refractivity contribution in [1.29, 1.82) is 0 Å². The highest BCUT2D eigenvalue weighted by Gasteiger charge is 2.44. The zero-order valence-corrected chi connectivity index (χ0v) is 18.0. The molecule has 0 spiro atoms. The smallest absolute Gasteiger partial charge is 0.247 e. The molecule has 0 aromatic heterocycles. The van der Waals surface area contributed by atoms with E-state index in [0.717, 1.165) is 6.42 Å². The molecule has 0 saturated carbocycles. The van der Waals surface area contributed by atoms with Crippen LogP contribution in [0.25, 0.3) is 0 Å². The maximum Gasteiger partial charge on any atom is 0.247 e. The molecule has 0 bridgehead atoms. The number of para-hydroxylation sites is 1. The SMILES string of the molecule is CCCC(=O)N1CC[C@@H]2Oc3ccccc3S(=O)(=O)N(CC(=O)N(C)C)[C@H]2CC1. The normalized spacial score (nSPS) is 23.8. The van der Waals surface area contributed by atoms with Crippen LogP contribution in [0.3, 0.4) is 0 Å². The number of rotatable bonds is 4. The van der Waals surface area contributed by atoms with Gasteiger partial charge in [-0.3, -0.25) is 9.59 Å². The van der Waals surface area contributed by atoms with Crippen molar-refractivity contribution in [3.8, 4) is 5.75 Å². The van der Waals surface area contributed by atoms with Crippen molar-refractivity contribution >= 4 is 21.8 Å². The molecule has 0 aliphatic carbocycles. The van der Waals surface area contributed by atoms with E-state index in [0.29, 0.717) is 38.1 Å². The molecule has 1 saturated heterocycles. The first kappa shape index (κ1) is 21.6. The zero-order chi connectivity index (χ0) is 21.2. The number of likely N-dealkylation sites (tertiary alicyclic amines) is 1. The van der Waals surface area contributed by atoms with E-state index < -0.39 is 22.2 Å². The Hall–Kier alpha value is -2.13. The van der Waals surface area contributed by atoms with Gasteiger partial charge in [-0.2, -0.15) is 4.31 Å². The van der Waals surface area contributed by atoms with Crippen LogP contribution in [0.5, 0.6) is 5.75 Å². The van der Waals surface area contributed by atoms with Crippen LogP contribution in [0.2, 0.25) is 0 Å². The van der Waals surface area contributed by atoms with E-state index >= 15 is 0 Å². The van der Waals surface area contributed by atoms with Gasteiger partial charge < -0.3 is 14.5 Å². The Labute approximate surface area is 172 Å². The van der Waals surface area contributed by atoms with Crippen molar-refractivity contribution < 1.29 is 22.7 Å². The number of benzene rings is 1. The van der Waals surface area contributed by atoms with Crippen LogP contribution in [0.1, 0.15) is 32.6 Å². The molecule has 1 aromatic rings. The molecular weight excluding hydrogens is 394 g/mol. The Kier molecular flexibility index (Phi) is 6.48. The van der Waals surface area contributed by atoms with Gasteiger partial charge in [-0.05, 0) is 25.0 Å². The van der Waals surface area contributed by atoms with E-state index in [1.165, 1.54) is 15.3 Å². The first-order chi connectivity index (χ1) is 13.8. The second kappa shape index (κ2) is 8.71. The van der Waals surface area contributed by atoms with E-state index in [-0.39, 0.29) is 23.3 Å². The summed E-state index contributed by atoms with van der Waals surface area (Å²) in [6, 6.07) is 6.03. The van der Waals surface area contributed by atoms with Crippen LogP contribution in [0.4, 0.5) is 0 Å². The molecule has 8 nitrogen and oxygen atoms in total. The Morgan fingerprint density at radius 3 is 2.55 bits per heavy atom. The van der Waals surface area contributed by atoms with Crippen LogP contribution in [0, 0.1) is 0 Å². The number of nitrogens with zero attached hydrogens (tertiary/aromatic N) is 3. The summed E-state index contributed by atoms with van der Waals surface area (Å²) in [6.07, 6.45) is 1.75. The van der Waals surface area contributed by atoms with Crippen LogP contribution in [0.15, 0.2) is 29.2 Å². The molecule has 2 aliphatic heterocycles. The van der Waals surface area contributed by atoms with E-state index in [2.05, 4.69) is 0 Å². The van der Waals surface area contributed by atoms with Gasteiger partial charge in [-0.1, -0.05) is 19.1 Å². The van der Waals surface area contributed by atoms with Crippen LogP contribution in [-0.2, 0) is 19.6 Å². The third-order valence-corrected chi connectivity index (χ3v) is 7.41. The summed E-state index contributed by atoms with van der Waals surface area (Å²) in [5, 5.41) is 0. The lowest BCUT2D eigenvalue weighted by Gasteiger charge is -2.31. The second-order valence-electron chi connectivity index (χ2n) is 7.72. The number of carbonyl (C=O) groups is 2. The topological polar surface area (TPSA) is 87.2 Å². The molecule has 0 radical (unpaired) electrons. The van der Waals surface area contributed by atoms with E-state index in [1.54, 1.807) is 37.2 Å². The van der Waals surface area contributed by atoms with Crippen molar-refractivity contribution in [3.05, 3.63) is 24.3 Å². The predicted octanol–water partition coefficient (Wildman–Crippen LogP) is 1.32. The van der Waals surface area contributed by atoms with Gasteiger partial charge in [0.05, 0.1) is 12.6 Å². The monoisotopic (exact) mass is 423 g/mol. The van der Waals surface area contributed by atoms with Crippen molar-refractivity contribution in [2.45, 2.75) is 49.6 Å². The first-order valence-electron chi connectivity index (χ1n) is 10.0. The molecule has 2 amide bonds. The van der Waals surface area contributed by atoms with Gasteiger partial charge in [-0.25, -0.2) is 8.42 Å². The number of amides is 2. The van der Waals surface area contributed by atoms with Crippen LogP contribution < -0.4 is 4.74 Å². The lowest BCUT2D eigenvalue weighted by Crippen LogP contribution is -2.50. The average Bonchev–Trinajstić information content (AvgIpc) is 2.92. The van der Waals surface area contributed by atoms with Gasteiger partial charge in [0.15, 0.2) is 0 Å². The summed E-state index contributed by atoms with van der Waals surface area (Å²) >= 11 is 0. The average molecular weight is 424 g/mol. The minimum Gasteiger partial charge on any atom is -0.487 e. The lowest BCUT2D eigenvalue weighted by atomic mass is 10.1. The lowest BCUT2D eigenvalue weighted by molar-refractivity contribution is -0.131. The fourth-order valence-corrected chi connectivity index (χ4v) is 5.61. The third-order valence-electron chi connectivity index (χ3n) is 5.50. The molecule has 3 rings (SSSR count). The molecule has 0 N–H and O–H groups in total. The Bertz CT molecular complexity index is 871. The van der Waals surface area contributed by atoms with Crippen molar-refractivity contribution in [2.24, 2.45) is 0 Å². The van der Waals surface area contributed by atoms with Crippen LogP contribution in [-0.4, -0.2) is 80.2 Å². The van der Waals surface area contributed by atoms with E-state index in [1.807, 2.05) is 6.92 Å². The Morgan fingerprint density at radius 2 is 1.86 bits per heavy atom. The van der Waals surface area contributed by atoms with Gasteiger partial charge in [0.2, 0.25) is 21.8 Å².